The number of hydrogen-bond acceptors (Lipinski definition) is 2. The second-order valence-electron chi connectivity index (χ2n) is 4.80. The summed E-state index contributed by atoms with van der Waals surface area (Å²) in [6.45, 7) is 5.90. The van der Waals surface area contributed by atoms with Crippen LogP contribution in [0.2, 0.25) is 0 Å². The van der Waals surface area contributed by atoms with E-state index in [-0.39, 0.29) is 0 Å². The fourth-order valence-electron chi connectivity index (χ4n) is 2.44. The van der Waals surface area contributed by atoms with Crippen molar-refractivity contribution < 1.29 is 4.74 Å². The zero-order valence-electron chi connectivity index (χ0n) is 10.8. The highest BCUT2D eigenvalue weighted by molar-refractivity contribution is 5.73. The molecule has 2 aromatic rings. The van der Waals surface area contributed by atoms with Crippen LogP contribution in [0.4, 0.5) is 5.69 Å². The Balaban J connectivity index is 2.06. The minimum absolute atomic E-state index is 0.739. The van der Waals surface area contributed by atoms with Gasteiger partial charge in [0.25, 0.3) is 0 Å². The van der Waals surface area contributed by atoms with E-state index in [1.54, 1.807) is 0 Å². The van der Waals surface area contributed by atoms with E-state index in [4.69, 9.17) is 4.74 Å². The van der Waals surface area contributed by atoms with Gasteiger partial charge in [-0.1, -0.05) is 29.8 Å². The molecular weight excluding hydrogens is 222 g/mol. The normalized spacial score (nSPS) is 13.4. The molecule has 92 valence electrons. The lowest BCUT2D eigenvalue weighted by Gasteiger charge is -2.20. The average molecular weight is 239 g/mol. The summed E-state index contributed by atoms with van der Waals surface area (Å²) in [6.07, 6.45) is 0. The molecule has 0 radical (unpaired) electrons. The molecule has 0 aromatic heterocycles. The first-order chi connectivity index (χ1) is 8.74. The highest BCUT2D eigenvalue weighted by atomic mass is 16.5. The zero-order valence-corrected chi connectivity index (χ0v) is 10.8. The van der Waals surface area contributed by atoms with Crippen LogP contribution in [0.3, 0.4) is 0 Å². The topological polar surface area (TPSA) is 21.3 Å². The number of hydrogen-bond donors (Lipinski definition) is 1. The van der Waals surface area contributed by atoms with Crippen molar-refractivity contribution in [3.05, 3.63) is 47.5 Å². The van der Waals surface area contributed by atoms with Crippen molar-refractivity contribution in [3.63, 3.8) is 0 Å². The Bertz CT molecular complexity index is 590. The van der Waals surface area contributed by atoms with Crippen LogP contribution in [-0.2, 0) is 0 Å². The fourth-order valence-corrected chi connectivity index (χ4v) is 2.44. The third kappa shape index (κ3) is 1.94. The largest absolute Gasteiger partial charge is 0.490 e. The Kier molecular flexibility index (Phi) is 2.71. The first-order valence-electron chi connectivity index (χ1n) is 6.32. The van der Waals surface area contributed by atoms with Crippen molar-refractivity contribution in [2.24, 2.45) is 0 Å². The van der Waals surface area contributed by atoms with E-state index >= 15 is 0 Å². The van der Waals surface area contributed by atoms with Crippen LogP contribution < -0.4 is 10.1 Å². The molecule has 1 heterocycles. The average Bonchev–Trinajstić information content (AvgIpc) is 2.38. The number of ether oxygens (including phenoxy) is 1. The summed E-state index contributed by atoms with van der Waals surface area (Å²) in [4.78, 5) is 0. The SMILES string of the molecule is Cc1ccc(-c2ccc3c(c2)OCCN3)c(C)c1. The Morgan fingerprint density at radius 2 is 1.94 bits per heavy atom. The highest BCUT2D eigenvalue weighted by Crippen LogP contribution is 2.33. The van der Waals surface area contributed by atoms with E-state index in [0.29, 0.717) is 0 Å². The van der Waals surface area contributed by atoms with E-state index < -0.39 is 0 Å². The van der Waals surface area contributed by atoms with Gasteiger partial charge in [-0.15, -0.1) is 0 Å². The van der Waals surface area contributed by atoms with Crippen molar-refractivity contribution in [3.8, 4) is 16.9 Å². The van der Waals surface area contributed by atoms with Gasteiger partial charge in [0.05, 0.1) is 5.69 Å². The Morgan fingerprint density at radius 3 is 2.78 bits per heavy atom. The Labute approximate surface area is 108 Å². The predicted molar refractivity (Wildman–Crippen MR) is 75.3 cm³/mol. The molecule has 18 heavy (non-hydrogen) atoms. The van der Waals surface area contributed by atoms with Gasteiger partial charge in [-0.3, -0.25) is 0 Å². The minimum atomic E-state index is 0.739. The van der Waals surface area contributed by atoms with Gasteiger partial charge >= 0.3 is 0 Å². The Hall–Kier alpha value is -1.96. The summed E-state index contributed by atoms with van der Waals surface area (Å²) in [5, 5.41) is 3.34. The van der Waals surface area contributed by atoms with Gasteiger partial charge in [0.1, 0.15) is 12.4 Å². The maximum atomic E-state index is 5.69. The maximum absolute atomic E-state index is 5.69. The second-order valence-corrected chi connectivity index (χ2v) is 4.80. The van der Waals surface area contributed by atoms with Crippen LogP contribution >= 0.6 is 0 Å². The number of rotatable bonds is 1. The summed E-state index contributed by atoms with van der Waals surface area (Å²) < 4.78 is 5.69. The predicted octanol–water partition coefficient (Wildman–Crippen LogP) is 3.77. The van der Waals surface area contributed by atoms with Gasteiger partial charge in [0.2, 0.25) is 0 Å². The van der Waals surface area contributed by atoms with Crippen molar-refractivity contribution in [2.45, 2.75) is 13.8 Å². The first kappa shape index (κ1) is 11.1. The van der Waals surface area contributed by atoms with Crippen LogP contribution in [0.25, 0.3) is 11.1 Å². The quantitative estimate of drug-likeness (QED) is 0.817. The van der Waals surface area contributed by atoms with Gasteiger partial charge in [-0.2, -0.15) is 0 Å². The molecule has 0 amide bonds. The van der Waals surface area contributed by atoms with E-state index in [2.05, 4.69) is 55.6 Å². The lowest BCUT2D eigenvalue weighted by Crippen LogP contribution is -2.17. The first-order valence-corrected chi connectivity index (χ1v) is 6.32. The van der Waals surface area contributed by atoms with Crippen LogP contribution in [-0.4, -0.2) is 13.2 Å². The third-order valence-electron chi connectivity index (χ3n) is 3.35. The molecular formula is C16H17NO. The van der Waals surface area contributed by atoms with E-state index in [1.807, 2.05) is 0 Å². The third-order valence-corrected chi connectivity index (χ3v) is 3.35. The van der Waals surface area contributed by atoms with Gasteiger partial charge in [0.15, 0.2) is 0 Å². The minimum Gasteiger partial charge on any atom is -0.490 e. The second kappa shape index (κ2) is 4.37. The van der Waals surface area contributed by atoms with Crippen LogP contribution in [0.1, 0.15) is 11.1 Å². The standard InChI is InChI=1S/C16H17NO/c1-11-3-5-14(12(2)9-11)13-4-6-15-16(10-13)18-8-7-17-15/h3-6,9-10,17H,7-8H2,1-2H3. The smallest absolute Gasteiger partial charge is 0.143 e. The molecule has 0 atom stereocenters. The number of benzene rings is 2. The molecule has 1 aliphatic rings. The van der Waals surface area contributed by atoms with E-state index in [1.165, 1.54) is 22.3 Å². The molecule has 2 heteroatoms. The molecule has 0 aliphatic carbocycles. The summed E-state index contributed by atoms with van der Waals surface area (Å²) in [7, 11) is 0. The van der Waals surface area contributed by atoms with Gasteiger partial charge in [-0.05, 0) is 42.7 Å². The highest BCUT2D eigenvalue weighted by Gasteiger charge is 2.11. The van der Waals surface area contributed by atoms with Crippen LogP contribution in [0, 0.1) is 13.8 Å². The monoisotopic (exact) mass is 239 g/mol. The van der Waals surface area contributed by atoms with Crippen molar-refractivity contribution in [1.29, 1.82) is 0 Å². The fraction of sp³-hybridized carbons (Fsp3) is 0.250. The van der Waals surface area contributed by atoms with Crippen molar-refractivity contribution in [1.82, 2.24) is 0 Å². The number of fused-ring (bicyclic) bond motifs is 1. The molecule has 2 aromatic carbocycles. The van der Waals surface area contributed by atoms with Crippen molar-refractivity contribution in [2.75, 3.05) is 18.5 Å². The molecule has 3 rings (SSSR count). The molecule has 0 saturated carbocycles. The number of anilines is 1. The Morgan fingerprint density at radius 1 is 1.06 bits per heavy atom. The van der Waals surface area contributed by atoms with E-state index in [9.17, 15) is 0 Å². The van der Waals surface area contributed by atoms with E-state index in [0.717, 1.165) is 24.6 Å². The molecule has 0 saturated heterocycles. The van der Waals surface area contributed by atoms with Crippen LogP contribution in [0.15, 0.2) is 36.4 Å². The molecule has 2 nitrogen and oxygen atoms in total. The maximum Gasteiger partial charge on any atom is 0.143 e. The summed E-state index contributed by atoms with van der Waals surface area (Å²) >= 11 is 0. The summed E-state index contributed by atoms with van der Waals surface area (Å²) in [5.74, 6) is 0.957. The van der Waals surface area contributed by atoms with Crippen molar-refractivity contribution >= 4 is 5.69 Å². The number of nitrogens with one attached hydrogen (secondary N) is 1. The zero-order chi connectivity index (χ0) is 12.5. The summed E-state index contributed by atoms with van der Waals surface area (Å²) in [6, 6.07) is 12.9. The molecule has 0 fully saturated rings. The molecule has 0 unspecified atom stereocenters. The molecule has 1 N–H and O–H groups in total. The molecule has 0 bridgehead atoms. The molecule has 0 spiro atoms. The molecule has 1 aliphatic heterocycles. The van der Waals surface area contributed by atoms with Gasteiger partial charge in [0, 0.05) is 6.54 Å². The number of aryl methyl sites for hydroxylation is 2. The lowest BCUT2D eigenvalue weighted by molar-refractivity contribution is 0.323. The van der Waals surface area contributed by atoms with Crippen LogP contribution in [0.5, 0.6) is 5.75 Å². The van der Waals surface area contributed by atoms with Gasteiger partial charge in [-0.25, -0.2) is 0 Å². The lowest BCUT2D eigenvalue weighted by atomic mass is 9.98. The summed E-state index contributed by atoms with van der Waals surface area (Å²) in [5.41, 5.74) is 6.19. The van der Waals surface area contributed by atoms with Gasteiger partial charge < -0.3 is 10.1 Å².